The van der Waals surface area contributed by atoms with E-state index in [-0.39, 0.29) is 20.2 Å². The van der Waals surface area contributed by atoms with E-state index in [1.165, 1.54) is 0 Å². The Kier molecular flexibility index (Phi) is 2.83. The van der Waals surface area contributed by atoms with Crippen LogP contribution in [0.5, 0.6) is 0 Å². The van der Waals surface area contributed by atoms with Gasteiger partial charge in [0.05, 0.1) is 49.4 Å². The largest absolute Gasteiger partial charge is 0.309 e. The topological polar surface area (TPSA) is 43.6 Å². The number of thiophene rings is 1. The number of aromatic nitrogens is 4. The Morgan fingerprint density at radius 3 is 1.74 bits per heavy atom. The van der Waals surface area contributed by atoms with Gasteiger partial charge in [0.2, 0.25) is 0 Å². The van der Waals surface area contributed by atoms with Gasteiger partial charge in [-0.2, -0.15) is 0 Å². The van der Waals surface area contributed by atoms with Gasteiger partial charge in [-0.05, 0) is 47.4 Å². The highest BCUT2D eigenvalue weighted by Gasteiger charge is 2.17. The van der Waals surface area contributed by atoms with Crippen LogP contribution >= 0.6 is 11.3 Å². The van der Waals surface area contributed by atoms with Crippen molar-refractivity contribution in [3.8, 4) is 51.0 Å². The molecule has 50 heavy (non-hydrogen) atoms. The predicted molar refractivity (Wildman–Crippen MR) is 209 cm³/mol. The third-order valence-corrected chi connectivity index (χ3v) is 8.46. The van der Waals surface area contributed by atoms with E-state index in [2.05, 4.69) is 15.0 Å². The van der Waals surface area contributed by atoms with Gasteiger partial charge < -0.3 is 4.57 Å². The van der Waals surface area contributed by atoms with Gasteiger partial charge in [0, 0.05) is 53.3 Å². The van der Waals surface area contributed by atoms with Crippen molar-refractivity contribution in [1.29, 1.82) is 0 Å². The Hall–Kier alpha value is -6.43. The fraction of sp³-hybridized carbons (Fsp3) is 0. The third kappa shape index (κ3) is 4.79. The summed E-state index contributed by atoms with van der Waals surface area (Å²) in [5, 5.41) is -1.55. The van der Waals surface area contributed by atoms with Crippen molar-refractivity contribution in [2.45, 2.75) is 0 Å². The van der Waals surface area contributed by atoms with Gasteiger partial charge in [-0.25, -0.2) is 15.0 Å². The first kappa shape index (κ1) is 12.2. The predicted octanol–water partition coefficient (Wildman–Crippen LogP) is 12.0. The van der Waals surface area contributed by atoms with Gasteiger partial charge in [-0.1, -0.05) is 133 Å². The minimum Gasteiger partial charge on any atom is -0.309 e. The molecule has 10 aromatic rings. The zero-order chi connectivity index (χ0) is 57.4. The summed E-state index contributed by atoms with van der Waals surface area (Å²) >= 11 is 0.662. The van der Waals surface area contributed by atoms with E-state index >= 15 is 0 Å². The van der Waals surface area contributed by atoms with Crippen LogP contribution in [0.1, 0.15) is 38.4 Å². The van der Waals surface area contributed by atoms with Crippen molar-refractivity contribution in [1.82, 2.24) is 19.5 Å². The average Bonchev–Trinajstić information content (AvgIpc) is 4.21. The second-order valence-corrected chi connectivity index (χ2v) is 11.3. The molecule has 0 aliphatic carbocycles. The molecule has 3 heterocycles. The van der Waals surface area contributed by atoms with Crippen LogP contribution in [0.25, 0.3) is 93.0 Å². The van der Waals surface area contributed by atoms with Gasteiger partial charge in [-0.3, -0.25) is 0 Å². The lowest BCUT2D eigenvalue weighted by Crippen LogP contribution is -2.01. The highest BCUT2D eigenvalue weighted by molar-refractivity contribution is 7.25. The first-order valence-electron chi connectivity index (χ1n) is 28.4. The molecule has 0 spiro atoms. The van der Waals surface area contributed by atoms with Gasteiger partial charge in [-0.15, -0.1) is 11.3 Å². The number of hydrogen-bond acceptors (Lipinski definition) is 4. The SMILES string of the molecule is [2H]c1c([2H])c([2H])c(-c2nc(-c3c([2H])c([2H])c([2H])c(-n4c5c([2H])c([2H])c([2H])c([2H])c5c5c([2H])c([2H])c(-c6c([2H])c([2H])c([2H])c([2H])c6[2H])c([2H])c54)c3[2H])nc(-c3c([2H])c([2H])c4c(sc5c([2H])c([2H])c([2H])c([2H])c54)c3[2H])n2)c([2H])c1[2H]. The average molecular weight is 685 g/mol. The molecule has 3 aromatic heterocycles. The van der Waals surface area contributed by atoms with Crippen molar-refractivity contribution in [2.75, 3.05) is 0 Å². The quantitative estimate of drug-likeness (QED) is 0.181. The maximum absolute atomic E-state index is 9.90. The number of benzene rings is 7. The Balaban J connectivity index is 1.39. The van der Waals surface area contributed by atoms with E-state index in [1.807, 2.05) is 0 Å². The number of hydrogen-bond donors (Lipinski definition) is 0. The molecule has 0 bridgehead atoms. The van der Waals surface area contributed by atoms with Crippen molar-refractivity contribution in [2.24, 2.45) is 0 Å². The van der Waals surface area contributed by atoms with E-state index in [9.17, 15) is 12.3 Å². The van der Waals surface area contributed by atoms with E-state index in [4.69, 9.17) is 26.0 Å². The number of para-hydroxylation sites is 1. The molecule has 0 radical (unpaired) electrons. The summed E-state index contributed by atoms with van der Waals surface area (Å²) in [4.78, 5) is 13.1. The Labute approximate surface area is 332 Å². The number of nitrogens with zero attached hydrogens (tertiary/aromatic N) is 4. The molecule has 0 atom stereocenters. The lowest BCUT2D eigenvalue weighted by Gasteiger charge is -2.12. The standard InChI is InChI=1S/C45H28N4S/c1-3-12-29(13-4-1)31-22-24-36-35-18-7-9-20-39(35)49(40(36)27-31)34-17-11-16-32(26-34)44-46-43(30-14-5-2-6-15-30)47-45(48-44)33-23-25-38-37-19-8-10-21-41(37)50-42(38)28-33/h1-28H/i1D,2D,3D,4D,5D,6D,7D,8D,9D,10D,11D,12D,13D,14D,15D,16D,17D,18D,19D,20D,21D,22D,23D,24D,25D,26D,27D,28D. The van der Waals surface area contributed by atoms with Crippen LogP contribution in [0.4, 0.5) is 0 Å². The second-order valence-electron chi connectivity index (χ2n) is 10.3. The van der Waals surface area contributed by atoms with Crippen molar-refractivity contribution >= 4 is 53.3 Å². The summed E-state index contributed by atoms with van der Waals surface area (Å²) in [6.45, 7) is 0. The minimum absolute atomic E-state index is 0.0860. The zero-order valence-corrected chi connectivity index (χ0v) is 25.5. The van der Waals surface area contributed by atoms with Gasteiger partial charge in [0.15, 0.2) is 17.5 Å². The van der Waals surface area contributed by atoms with Gasteiger partial charge >= 0.3 is 0 Å². The molecule has 0 N–H and O–H groups in total. The molecule has 0 amide bonds. The maximum Gasteiger partial charge on any atom is 0.164 e. The number of rotatable bonds is 5. The van der Waals surface area contributed by atoms with Crippen molar-refractivity contribution in [3.63, 3.8) is 0 Å². The van der Waals surface area contributed by atoms with Crippen LogP contribution < -0.4 is 0 Å². The van der Waals surface area contributed by atoms with Crippen LogP contribution in [0.15, 0.2) is 169 Å². The van der Waals surface area contributed by atoms with Crippen LogP contribution in [0, 0.1) is 0 Å². The molecule has 0 saturated carbocycles. The van der Waals surface area contributed by atoms with E-state index in [1.54, 1.807) is 0 Å². The lowest BCUT2D eigenvalue weighted by atomic mass is 10.0. The van der Waals surface area contributed by atoms with Crippen LogP contribution in [0.2, 0.25) is 0 Å². The molecule has 0 fully saturated rings. The molecule has 0 saturated heterocycles. The van der Waals surface area contributed by atoms with Crippen molar-refractivity contribution < 1.29 is 38.4 Å². The molecular weight excluding hydrogens is 629 g/mol. The third-order valence-electron chi connectivity index (χ3n) is 7.43. The maximum atomic E-state index is 9.90. The van der Waals surface area contributed by atoms with E-state index in [0.29, 0.717) is 15.9 Å². The van der Waals surface area contributed by atoms with Gasteiger partial charge in [0.1, 0.15) is 0 Å². The molecule has 10 rings (SSSR count). The van der Waals surface area contributed by atoms with Crippen LogP contribution in [-0.4, -0.2) is 19.5 Å². The first-order chi connectivity index (χ1) is 36.4. The van der Waals surface area contributed by atoms with Crippen LogP contribution in [0.3, 0.4) is 0 Å². The molecule has 5 heteroatoms. The molecule has 0 aliphatic heterocycles. The Morgan fingerprint density at radius 2 is 0.940 bits per heavy atom. The minimum atomic E-state index is -1.08. The Bertz CT molecular complexity index is 4440. The molecule has 0 aliphatic rings. The zero-order valence-electron chi connectivity index (χ0n) is 52.7. The molecule has 7 aromatic carbocycles. The fourth-order valence-corrected chi connectivity index (χ4v) is 6.24. The molecule has 234 valence electrons. The van der Waals surface area contributed by atoms with Crippen molar-refractivity contribution in [3.05, 3.63) is 169 Å². The summed E-state index contributed by atoms with van der Waals surface area (Å²) in [6, 6.07) is -24.3. The highest BCUT2D eigenvalue weighted by atomic mass is 32.1. The second kappa shape index (κ2) is 11.6. The lowest BCUT2D eigenvalue weighted by molar-refractivity contribution is 1.07. The fourth-order valence-electron chi connectivity index (χ4n) is 5.27. The smallest absolute Gasteiger partial charge is 0.164 e. The van der Waals surface area contributed by atoms with Crippen LogP contribution in [-0.2, 0) is 0 Å². The molecular formula is C45H28N4S. The summed E-state index contributed by atoms with van der Waals surface area (Å²) < 4.78 is 248. The Morgan fingerprint density at radius 1 is 0.380 bits per heavy atom. The van der Waals surface area contributed by atoms with Gasteiger partial charge in [0.25, 0.3) is 0 Å². The van der Waals surface area contributed by atoms with E-state index in [0.717, 1.165) is 0 Å². The molecule has 0 unspecified atom stereocenters. The normalized spacial score (nSPS) is 19.4. The van der Waals surface area contributed by atoms with E-state index < -0.39 is 242 Å². The first-order valence-corrected chi connectivity index (χ1v) is 15.2. The molecule has 4 nitrogen and oxygen atoms in total. The summed E-state index contributed by atoms with van der Waals surface area (Å²) in [5.74, 6) is -2.54. The highest BCUT2D eigenvalue weighted by Crippen LogP contribution is 2.38. The monoisotopic (exact) mass is 684 g/mol. The summed E-state index contributed by atoms with van der Waals surface area (Å²) in [7, 11) is 0. The number of fused-ring (bicyclic) bond motifs is 6. The summed E-state index contributed by atoms with van der Waals surface area (Å²) in [5.41, 5.74) is -6.07. The summed E-state index contributed by atoms with van der Waals surface area (Å²) in [6.07, 6.45) is 0.